The maximum Gasteiger partial charge on any atom is 0.335 e. The largest absolute Gasteiger partial charge is 0.478 e. The van der Waals surface area contributed by atoms with Crippen molar-refractivity contribution in [2.45, 2.75) is 0 Å². The van der Waals surface area contributed by atoms with Crippen LogP contribution in [0.2, 0.25) is 15.1 Å². The Labute approximate surface area is 106 Å². The van der Waals surface area contributed by atoms with Gasteiger partial charge < -0.3 is 5.11 Å². The Hall–Kier alpha value is -0.960. The van der Waals surface area contributed by atoms with Gasteiger partial charge in [0.25, 0.3) is 0 Å². The molecular weight excluding hydrogens is 270 g/mol. The molecule has 0 fully saturated rings. The fourth-order valence-corrected chi connectivity index (χ4v) is 2.13. The molecule has 5 heteroatoms. The molecule has 0 aromatic heterocycles. The summed E-state index contributed by atoms with van der Waals surface area (Å²) < 4.78 is 0. The second kappa shape index (κ2) is 4.13. The Morgan fingerprint density at radius 3 is 2.38 bits per heavy atom. The molecule has 2 nitrogen and oxygen atoms in total. The standard InChI is InChI=1S/C11H5Cl3O2/c12-8-4-6-3-5(11(15)16)1-2-7(6)9(13)10(8)14/h1-4H,(H,15,16). The monoisotopic (exact) mass is 274 g/mol. The van der Waals surface area contributed by atoms with E-state index in [-0.39, 0.29) is 10.6 Å². The number of carboxylic acids is 1. The molecule has 0 saturated carbocycles. The summed E-state index contributed by atoms with van der Waals surface area (Å²) in [6, 6.07) is 6.19. The maximum atomic E-state index is 10.8. The van der Waals surface area contributed by atoms with E-state index in [1.54, 1.807) is 12.1 Å². The van der Waals surface area contributed by atoms with Gasteiger partial charge in [-0.25, -0.2) is 4.79 Å². The Kier molecular flexibility index (Phi) is 2.98. The van der Waals surface area contributed by atoms with Crippen LogP contribution in [0.1, 0.15) is 10.4 Å². The van der Waals surface area contributed by atoms with E-state index < -0.39 is 5.97 Å². The molecule has 0 spiro atoms. The van der Waals surface area contributed by atoms with Crippen LogP contribution < -0.4 is 0 Å². The van der Waals surface area contributed by atoms with Crippen molar-refractivity contribution in [1.82, 2.24) is 0 Å². The Bertz CT molecular complexity index is 593. The van der Waals surface area contributed by atoms with Crippen LogP contribution in [0.3, 0.4) is 0 Å². The lowest BCUT2D eigenvalue weighted by Crippen LogP contribution is -1.95. The summed E-state index contributed by atoms with van der Waals surface area (Å²) in [6.45, 7) is 0. The first-order valence-corrected chi connectivity index (χ1v) is 5.44. The van der Waals surface area contributed by atoms with Crippen LogP contribution in [0.5, 0.6) is 0 Å². The fourth-order valence-electron chi connectivity index (χ4n) is 1.44. The molecule has 0 amide bonds. The number of hydrogen-bond acceptors (Lipinski definition) is 1. The van der Waals surface area contributed by atoms with E-state index in [9.17, 15) is 4.79 Å². The van der Waals surface area contributed by atoms with Crippen LogP contribution in [0.4, 0.5) is 0 Å². The van der Waals surface area contributed by atoms with Gasteiger partial charge in [-0.2, -0.15) is 0 Å². The van der Waals surface area contributed by atoms with E-state index in [2.05, 4.69) is 0 Å². The van der Waals surface area contributed by atoms with Gasteiger partial charge in [0.05, 0.1) is 20.6 Å². The van der Waals surface area contributed by atoms with Gasteiger partial charge in [-0.3, -0.25) is 0 Å². The Morgan fingerprint density at radius 1 is 1.06 bits per heavy atom. The topological polar surface area (TPSA) is 37.3 Å². The summed E-state index contributed by atoms with van der Waals surface area (Å²) in [4.78, 5) is 10.8. The zero-order chi connectivity index (χ0) is 11.9. The van der Waals surface area contributed by atoms with Crippen molar-refractivity contribution in [3.63, 3.8) is 0 Å². The minimum Gasteiger partial charge on any atom is -0.478 e. The second-order valence-electron chi connectivity index (χ2n) is 3.23. The lowest BCUT2D eigenvalue weighted by atomic mass is 10.1. The maximum absolute atomic E-state index is 10.8. The first kappa shape index (κ1) is 11.5. The summed E-state index contributed by atoms with van der Waals surface area (Å²) in [5.41, 5.74) is 0.182. The van der Waals surface area contributed by atoms with Gasteiger partial charge in [-0.05, 0) is 23.6 Å². The molecule has 0 aliphatic carbocycles. The molecule has 0 aliphatic rings. The number of carbonyl (C=O) groups is 1. The number of carboxylic acid groups (broad SMARTS) is 1. The highest BCUT2D eigenvalue weighted by Gasteiger charge is 2.11. The number of fused-ring (bicyclic) bond motifs is 1. The average molecular weight is 276 g/mol. The highest BCUT2D eigenvalue weighted by molar-refractivity contribution is 6.50. The van der Waals surface area contributed by atoms with E-state index in [0.29, 0.717) is 20.8 Å². The Balaban J connectivity index is 2.81. The molecule has 0 saturated heterocycles. The van der Waals surface area contributed by atoms with Crippen molar-refractivity contribution < 1.29 is 9.90 Å². The van der Waals surface area contributed by atoms with Gasteiger partial charge in [0.2, 0.25) is 0 Å². The van der Waals surface area contributed by atoms with E-state index in [1.165, 1.54) is 12.1 Å². The van der Waals surface area contributed by atoms with E-state index in [4.69, 9.17) is 39.9 Å². The van der Waals surface area contributed by atoms with Crippen LogP contribution in [0.15, 0.2) is 24.3 Å². The summed E-state index contributed by atoms with van der Waals surface area (Å²) in [5.74, 6) is -0.996. The van der Waals surface area contributed by atoms with Crippen LogP contribution in [-0.4, -0.2) is 11.1 Å². The lowest BCUT2D eigenvalue weighted by Gasteiger charge is -2.05. The first-order chi connectivity index (χ1) is 7.50. The van der Waals surface area contributed by atoms with Gasteiger partial charge in [0.1, 0.15) is 0 Å². The van der Waals surface area contributed by atoms with Crippen molar-refractivity contribution in [3.8, 4) is 0 Å². The van der Waals surface area contributed by atoms with Gasteiger partial charge in [0.15, 0.2) is 0 Å². The van der Waals surface area contributed by atoms with Gasteiger partial charge in [-0.1, -0.05) is 40.9 Å². The molecule has 0 aliphatic heterocycles. The number of benzene rings is 2. The van der Waals surface area contributed by atoms with Crippen LogP contribution in [0, 0.1) is 0 Å². The molecule has 2 aromatic carbocycles. The van der Waals surface area contributed by atoms with Crippen molar-refractivity contribution in [2.24, 2.45) is 0 Å². The fraction of sp³-hybridized carbons (Fsp3) is 0. The minimum atomic E-state index is -0.996. The van der Waals surface area contributed by atoms with Gasteiger partial charge in [0, 0.05) is 5.39 Å². The normalized spacial score (nSPS) is 10.7. The smallest absolute Gasteiger partial charge is 0.335 e. The summed E-state index contributed by atoms with van der Waals surface area (Å²) in [5, 5.41) is 11.1. The third kappa shape index (κ3) is 1.84. The average Bonchev–Trinajstić information content (AvgIpc) is 2.25. The van der Waals surface area contributed by atoms with Crippen molar-refractivity contribution in [2.75, 3.05) is 0 Å². The first-order valence-electron chi connectivity index (χ1n) is 4.31. The summed E-state index contributed by atoms with van der Waals surface area (Å²) >= 11 is 17.7. The molecule has 0 heterocycles. The molecule has 0 radical (unpaired) electrons. The van der Waals surface area contributed by atoms with Crippen LogP contribution in [0.25, 0.3) is 10.8 Å². The van der Waals surface area contributed by atoms with E-state index in [0.717, 1.165) is 0 Å². The zero-order valence-electron chi connectivity index (χ0n) is 7.80. The zero-order valence-corrected chi connectivity index (χ0v) is 10.1. The van der Waals surface area contributed by atoms with Crippen molar-refractivity contribution >= 4 is 51.5 Å². The number of hydrogen-bond donors (Lipinski definition) is 1. The predicted molar refractivity (Wildman–Crippen MR) is 65.9 cm³/mol. The van der Waals surface area contributed by atoms with Crippen LogP contribution >= 0.6 is 34.8 Å². The van der Waals surface area contributed by atoms with E-state index in [1.807, 2.05) is 0 Å². The van der Waals surface area contributed by atoms with Crippen LogP contribution in [-0.2, 0) is 0 Å². The number of rotatable bonds is 1. The Morgan fingerprint density at radius 2 is 1.75 bits per heavy atom. The van der Waals surface area contributed by atoms with Crippen molar-refractivity contribution in [1.29, 1.82) is 0 Å². The third-order valence-electron chi connectivity index (χ3n) is 2.22. The molecule has 2 aromatic rings. The van der Waals surface area contributed by atoms with Gasteiger partial charge in [-0.15, -0.1) is 0 Å². The number of aromatic carboxylic acids is 1. The number of halogens is 3. The molecule has 1 N–H and O–H groups in total. The van der Waals surface area contributed by atoms with E-state index >= 15 is 0 Å². The highest BCUT2D eigenvalue weighted by Crippen LogP contribution is 2.36. The molecular formula is C11H5Cl3O2. The second-order valence-corrected chi connectivity index (χ2v) is 4.39. The molecule has 2 rings (SSSR count). The SMILES string of the molecule is O=C(O)c1ccc2c(Cl)c(Cl)c(Cl)cc2c1. The summed E-state index contributed by atoms with van der Waals surface area (Å²) in [7, 11) is 0. The third-order valence-corrected chi connectivity index (χ3v) is 3.50. The lowest BCUT2D eigenvalue weighted by molar-refractivity contribution is 0.0697. The molecule has 16 heavy (non-hydrogen) atoms. The molecule has 0 unspecified atom stereocenters. The quantitative estimate of drug-likeness (QED) is 0.778. The summed E-state index contributed by atoms with van der Waals surface area (Å²) in [6.07, 6.45) is 0. The van der Waals surface area contributed by atoms with Gasteiger partial charge >= 0.3 is 5.97 Å². The van der Waals surface area contributed by atoms with Crippen molar-refractivity contribution in [3.05, 3.63) is 44.9 Å². The molecule has 0 atom stereocenters. The highest BCUT2D eigenvalue weighted by atomic mass is 35.5. The molecule has 0 bridgehead atoms. The molecule has 82 valence electrons. The minimum absolute atomic E-state index is 0.182. The predicted octanol–water partition coefficient (Wildman–Crippen LogP) is 4.50.